The Morgan fingerprint density at radius 3 is 2.76 bits per heavy atom. The zero-order valence-corrected chi connectivity index (χ0v) is 14.7. The predicted molar refractivity (Wildman–Crippen MR) is 98.4 cm³/mol. The van der Waals surface area contributed by atoms with Crippen molar-refractivity contribution in [3.63, 3.8) is 0 Å². The van der Waals surface area contributed by atoms with Gasteiger partial charge in [-0.15, -0.1) is 0 Å². The highest BCUT2D eigenvalue weighted by molar-refractivity contribution is 6.30. The number of hydrogen-bond donors (Lipinski definition) is 1. The summed E-state index contributed by atoms with van der Waals surface area (Å²) >= 11 is 6.25. The van der Waals surface area contributed by atoms with Crippen molar-refractivity contribution < 1.29 is 14.6 Å². The van der Waals surface area contributed by atoms with Gasteiger partial charge in [-0.25, -0.2) is 4.98 Å². The highest BCUT2D eigenvalue weighted by atomic mass is 35.5. The molecule has 4 nitrogen and oxygen atoms in total. The van der Waals surface area contributed by atoms with Gasteiger partial charge < -0.3 is 9.84 Å². The number of ketones is 1. The third kappa shape index (κ3) is 3.50. The van der Waals surface area contributed by atoms with Crippen LogP contribution >= 0.6 is 11.6 Å². The quantitative estimate of drug-likeness (QED) is 0.540. The number of methoxy groups -OCH3 is 1. The number of halogens is 1. The molecule has 0 aliphatic rings. The lowest BCUT2D eigenvalue weighted by Crippen LogP contribution is -2.09. The monoisotopic (exact) mass is 355 g/mol. The van der Waals surface area contributed by atoms with E-state index < -0.39 is 6.10 Å². The molecule has 3 aromatic rings. The van der Waals surface area contributed by atoms with E-state index in [0.29, 0.717) is 16.9 Å². The van der Waals surface area contributed by atoms with E-state index in [0.717, 1.165) is 16.5 Å². The molecular weight excluding hydrogens is 338 g/mol. The Hall–Kier alpha value is -2.43. The number of para-hydroxylation sites is 2. The van der Waals surface area contributed by atoms with Crippen molar-refractivity contribution in [2.24, 2.45) is 0 Å². The van der Waals surface area contributed by atoms with Gasteiger partial charge in [-0.1, -0.05) is 41.9 Å². The van der Waals surface area contributed by atoms with Gasteiger partial charge in [0, 0.05) is 17.4 Å². The van der Waals surface area contributed by atoms with Crippen LogP contribution in [0.15, 0.2) is 48.5 Å². The van der Waals surface area contributed by atoms with Gasteiger partial charge in [0.1, 0.15) is 10.9 Å². The van der Waals surface area contributed by atoms with E-state index >= 15 is 0 Å². The number of carbonyl (C=O) groups excluding carboxylic acids is 1. The van der Waals surface area contributed by atoms with E-state index in [2.05, 4.69) is 4.98 Å². The first-order chi connectivity index (χ1) is 12.0. The molecule has 0 saturated carbocycles. The maximum absolute atomic E-state index is 12.5. The van der Waals surface area contributed by atoms with Crippen molar-refractivity contribution in [3.05, 3.63) is 70.4 Å². The summed E-state index contributed by atoms with van der Waals surface area (Å²) in [7, 11) is 1.51. The Balaban J connectivity index is 1.91. The highest BCUT2D eigenvalue weighted by Gasteiger charge is 2.20. The van der Waals surface area contributed by atoms with Crippen molar-refractivity contribution in [1.29, 1.82) is 0 Å². The Morgan fingerprint density at radius 2 is 2.00 bits per heavy atom. The number of aliphatic hydroxyl groups excluding tert-OH is 1. The van der Waals surface area contributed by atoms with E-state index in [1.807, 2.05) is 25.1 Å². The molecule has 0 saturated heterocycles. The molecular formula is C20H18ClNO3. The van der Waals surface area contributed by atoms with E-state index in [4.69, 9.17) is 16.3 Å². The minimum Gasteiger partial charge on any atom is -0.496 e. The molecule has 128 valence electrons. The number of pyridine rings is 1. The third-order valence-electron chi connectivity index (χ3n) is 4.17. The molecule has 0 amide bonds. The lowest BCUT2D eigenvalue weighted by atomic mass is 9.99. The lowest BCUT2D eigenvalue weighted by Gasteiger charge is -2.14. The topological polar surface area (TPSA) is 59.4 Å². The molecule has 0 aliphatic carbocycles. The van der Waals surface area contributed by atoms with E-state index in [1.165, 1.54) is 7.11 Å². The van der Waals surface area contributed by atoms with Crippen LogP contribution in [0.5, 0.6) is 5.75 Å². The van der Waals surface area contributed by atoms with Gasteiger partial charge >= 0.3 is 0 Å². The number of fused-ring (bicyclic) bond motifs is 1. The van der Waals surface area contributed by atoms with E-state index in [9.17, 15) is 9.90 Å². The molecule has 0 unspecified atom stereocenters. The lowest BCUT2D eigenvalue weighted by molar-refractivity contribution is 0.0877. The van der Waals surface area contributed by atoms with Crippen LogP contribution < -0.4 is 4.74 Å². The molecule has 1 heterocycles. The number of ether oxygens (including phenoxy) is 1. The predicted octanol–water partition coefficient (Wildman–Crippen LogP) is 4.51. The van der Waals surface area contributed by atoms with Gasteiger partial charge in [-0.2, -0.15) is 0 Å². The molecule has 2 aromatic carbocycles. The summed E-state index contributed by atoms with van der Waals surface area (Å²) in [5.74, 6) is 0.267. The summed E-state index contributed by atoms with van der Waals surface area (Å²) < 4.78 is 5.21. The SMILES string of the molecule is COc1ccccc1C(=O)C[C@H](O)c1cc2cccc(C)c2nc1Cl. The second kappa shape index (κ2) is 7.21. The number of hydrogen-bond acceptors (Lipinski definition) is 4. The standard InChI is InChI=1S/C20H18ClNO3/c1-12-6-5-7-13-10-15(20(21)22-19(12)13)17(24)11-16(23)14-8-3-4-9-18(14)25-2/h3-10,17,24H,11H2,1-2H3/t17-/m0/s1. The number of rotatable bonds is 5. The van der Waals surface area contributed by atoms with Gasteiger partial charge in [0.05, 0.1) is 24.3 Å². The highest BCUT2D eigenvalue weighted by Crippen LogP contribution is 2.30. The molecule has 0 aliphatic heterocycles. The first-order valence-corrected chi connectivity index (χ1v) is 8.29. The smallest absolute Gasteiger partial charge is 0.169 e. The first kappa shape index (κ1) is 17.4. The largest absolute Gasteiger partial charge is 0.496 e. The normalized spacial score (nSPS) is 12.2. The van der Waals surface area contributed by atoms with E-state index in [-0.39, 0.29) is 17.4 Å². The molecule has 25 heavy (non-hydrogen) atoms. The number of aromatic nitrogens is 1. The van der Waals surface area contributed by atoms with Crippen molar-refractivity contribution >= 4 is 28.3 Å². The maximum atomic E-state index is 12.5. The van der Waals surface area contributed by atoms with Crippen LogP contribution in [0.3, 0.4) is 0 Å². The molecule has 1 atom stereocenters. The summed E-state index contributed by atoms with van der Waals surface area (Å²) in [6.45, 7) is 1.95. The van der Waals surface area contributed by atoms with Gasteiger partial charge in [-0.05, 0) is 30.7 Å². The number of aliphatic hydroxyl groups is 1. The molecule has 1 N–H and O–H groups in total. The van der Waals surface area contributed by atoms with Crippen molar-refractivity contribution in [1.82, 2.24) is 4.98 Å². The summed E-state index contributed by atoms with van der Waals surface area (Å²) in [6.07, 6.45) is -1.14. The number of carbonyl (C=O) groups is 1. The van der Waals surface area contributed by atoms with Crippen molar-refractivity contribution in [2.45, 2.75) is 19.4 Å². The van der Waals surface area contributed by atoms with Crippen molar-refractivity contribution in [2.75, 3.05) is 7.11 Å². The molecule has 5 heteroatoms. The Labute approximate surface area is 151 Å². The summed E-state index contributed by atoms with van der Waals surface area (Å²) in [5.41, 5.74) is 2.68. The summed E-state index contributed by atoms with van der Waals surface area (Å²) in [5, 5.41) is 11.6. The van der Waals surface area contributed by atoms with Gasteiger partial charge in [0.15, 0.2) is 5.78 Å². The number of Topliss-reactive ketones (excluding diaryl/α,β-unsaturated/α-hetero) is 1. The van der Waals surface area contributed by atoms with Gasteiger partial charge in [-0.3, -0.25) is 4.79 Å². The van der Waals surface area contributed by atoms with Crippen LogP contribution in [-0.4, -0.2) is 23.0 Å². The molecule has 0 spiro atoms. The van der Waals surface area contributed by atoms with Crippen LogP contribution in [0.2, 0.25) is 5.15 Å². The second-order valence-electron chi connectivity index (χ2n) is 5.86. The number of benzene rings is 2. The fourth-order valence-electron chi connectivity index (χ4n) is 2.84. The van der Waals surface area contributed by atoms with Gasteiger partial charge in [0.2, 0.25) is 0 Å². The van der Waals surface area contributed by atoms with Crippen LogP contribution in [-0.2, 0) is 0 Å². The Kier molecular flexibility index (Phi) is 5.02. The molecule has 0 radical (unpaired) electrons. The fraction of sp³-hybridized carbons (Fsp3) is 0.200. The molecule has 3 rings (SSSR count). The van der Waals surface area contributed by atoms with Crippen molar-refractivity contribution in [3.8, 4) is 5.75 Å². The molecule has 0 bridgehead atoms. The van der Waals surface area contributed by atoms with Crippen LogP contribution in [0.4, 0.5) is 0 Å². The number of aryl methyl sites for hydroxylation is 1. The Bertz CT molecular complexity index is 939. The van der Waals surface area contributed by atoms with Crippen LogP contribution in [0.25, 0.3) is 10.9 Å². The third-order valence-corrected chi connectivity index (χ3v) is 4.48. The van der Waals surface area contributed by atoms with E-state index in [1.54, 1.807) is 30.3 Å². The zero-order chi connectivity index (χ0) is 18.0. The summed E-state index contributed by atoms with van der Waals surface area (Å²) in [6, 6.07) is 14.5. The minimum absolute atomic E-state index is 0.0981. The average Bonchev–Trinajstić information content (AvgIpc) is 2.61. The number of nitrogens with zero attached hydrogens (tertiary/aromatic N) is 1. The maximum Gasteiger partial charge on any atom is 0.169 e. The van der Waals surface area contributed by atoms with Gasteiger partial charge in [0.25, 0.3) is 0 Å². The summed E-state index contributed by atoms with van der Waals surface area (Å²) in [4.78, 5) is 16.9. The minimum atomic E-state index is -1.04. The second-order valence-corrected chi connectivity index (χ2v) is 6.22. The van der Waals surface area contributed by atoms with Crippen LogP contribution in [0.1, 0.15) is 34.0 Å². The molecule has 0 fully saturated rings. The molecule has 1 aromatic heterocycles. The first-order valence-electron chi connectivity index (χ1n) is 7.91. The fourth-order valence-corrected chi connectivity index (χ4v) is 3.11. The zero-order valence-electron chi connectivity index (χ0n) is 14.0. The Morgan fingerprint density at radius 1 is 1.24 bits per heavy atom. The average molecular weight is 356 g/mol. The van der Waals surface area contributed by atoms with Crippen LogP contribution in [0, 0.1) is 6.92 Å².